The Morgan fingerprint density at radius 2 is 1.79 bits per heavy atom. The van der Waals surface area contributed by atoms with Crippen molar-refractivity contribution in [2.45, 2.75) is 6.18 Å². The summed E-state index contributed by atoms with van der Waals surface area (Å²) in [6, 6.07) is 2.61. The molecule has 0 aliphatic carbocycles. The summed E-state index contributed by atoms with van der Waals surface area (Å²) in [5.74, 6) is -0.649. The number of nitrogens with two attached hydrogens (primary N) is 1. The Labute approximate surface area is 106 Å². The van der Waals surface area contributed by atoms with Crippen molar-refractivity contribution in [2.24, 2.45) is 0 Å². The van der Waals surface area contributed by atoms with Crippen LogP contribution in [0.15, 0.2) is 36.9 Å². The van der Waals surface area contributed by atoms with Crippen molar-refractivity contribution in [3.8, 4) is 0 Å². The van der Waals surface area contributed by atoms with Gasteiger partial charge in [0.2, 0.25) is 0 Å². The van der Waals surface area contributed by atoms with Crippen LogP contribution in [0, 0.1) is 0 Å². The van der Waals surface area contributed by atoms with Crippen molar-refractivity contribution in [1.29, 1.82) is 0 Å². The van der Waals surface area contributed by atoms with E-state index in [9.17, 15) is 18.0 Å². The number of rotatable bonds is 2. The van der Waals surface area contributed by atoms with E-state index in [0.29, 0.717) is 0 Å². The maximum atomic E-state index is 12.6. The Hall–Kier alpha value is -2.44. The molecule has 0 saturated heterocycles. The van der Waals surface area contributed by atoms with E-state index in [2.05, 4.69) is 9.97 Å². The molecule has 0 saturated carbocycles. The van der Waals surface area contributed by atoms with Crippen LogP contribution in [-0.4, -0.2) is 15.8 Å². The Morgan fingerprint density at radius 3 is 2.37 bits per heavy atom. The fourth-order valence-corrected chi connectivity index (χ4v) is 1.50. The lowest BCUT2D eigenvalue weighted by molar-refractivity contribution is -0.137. The second-order valence-electron chi connectivity index (χ2n) is 3.76. The highest BCUT2D eigenvalue weighted by Gasteiger charge is 2.31. The van der Waals surface area contributed by atoms with Crippen molar-refractivity contribution in [3.63, 3.8) is 0 Å². The van der Waals surface area contributed by atoms with Crippen molar-refractivity contribution in [3.05, 3.63) is 53.6 Å². The van der Waals surface area contributed by atoms with Gasteiger partial charge in [0.05, 0.1) is 11.1 Å². The van der Waals surface area contributed by atoms with Gasteiger partial charge in [-0.25, -0.2) is 9.97 Å². The molecule has 98 valence electrons. The lowest BCUT2D eigenvalue weighted by Crippen LogP contribution is -2.11. The highest BCUT2D eigenvalue weighted by Crippen LogP contribution is 2.31. The molecule has 4 nitrogen and oxygen atoms in total. The third-order valence-electron chi connectivity index (χ3n) is 2.45. The molecule has 2 N–H and O–H groups in total. The minimum Gasteiger partial charge on any atom is -0.398 e. The minimum absolute atomic E-state index is 0.0261. The van der Waals surface area contributed by atoms with Crippen LogP contribution < -0.4 is 5.73 Å². The quantitative estimate of drug-likeness (QED) is 0.669. The molecular formula is C12H8F3N3O. The molecule has 2 rings (SSSR count). The number of benzene rings is 1. The number of ketones is 1. The topological polar surface area (TPSA) is 68.9 Å². The normalized spacial score (nSPS) is 11.3. The van der Waals surface area contributed by atoms with E-state index in [1.165, 1.54) is 18.7 Å². The number of carbonyl (C=O) groups excluding carboxylic acids is 1. The highest BCUT2D eigenvalue weighted by atomic mass is 19.4. The van der Waals surface area contributed by atoms with Crippen molar-refractivity contribution in [2.75, 3.05) is 5.73 Å². The van der Waals surface area contributed by atoms with Gasteiger partial charge in [0, 0.05) is 23.6 Å². The zero-order chi connectivity index (χ0) is 14.0. The molecule has 7 heteroatoms. The van der Waals surface area contributed by atoms with Gasteiger partial charge in [0.25, 0.3) is 0 Å². The number of alkyl halides is 3. The van der Waals surface area contributed by atoms with Crippen LogP contribution in [0.3, 0.4) is 0 Å². The number of nitrogens with zero attached hydrogens (tertiary/aromatic N) is 2. The van der Waals surface area contributed by atoms with Gasteiger partial charge >= 0.3 is 6.18 Å². The largest absolute Gasteiger partial charge is 0.416 e. The van der Waals surface area contributed by atoms with E-state index >= 15 is 0 Å². The Balaban J connectivity index is 2.48. The predicted molar refractivity (Wildman–Crippen MR) is 61.3 cm³/mol. The monoisotopic (exact) mass is 267 g/mol. The van der Waals surface area contributed by atoms with Crippen LogP contribution in [0.5, 0.6) is 0 Å². The summed E-state index contributed by atoms with van der Waals surface area (Å²) in [5, 5.41) is 0. The smallest absolute Gasteiger partial charge is 0.398 e. The van der Waals surface area contributed by atoms with E-state index in [1.54, 1.807) is 0 Å². The molecule has 0 amide bonds. The van der Waals surface area contributed by atoms with Gasteiger partial charge in [-0.05, 0) is 18.2 Å². The van der Waals surface area contributed by atoms with Crippen LogP contribution in [-0.2, 0) is 6.18 Å². The van der Waals surface area contributed by atoms with Crippen molar-refractivity contribution < 1.29 is 18.0 Å². The van der Waals surface area contributed by atoms with Crippen molar-refractivity contribution >= 4 is 11.5 Å². The van der Waals surface area contributed by atoms with E-state index < -0.39 is 17.5 Å². The summed E-state index contributed by atoms with van der Waals surface area (Å²) < 4.78 is 37.8. The van der Waals surface area contributed by atoms with Gasteiger partial charge < -0.3 is 5.73 Å². The predicted octanol–water partition coefficient (Wildman–Crippen LogP) is 2.31. The molecule has 1 aromatic carbocycles. The van der Waals surface area contributed by atoms with Gasteiger partial charge in [0.1, 0.15) is 6.33 Å². The van der Waals surface area contributed by atoms with Crippen LogP contribution in [0.25, 0.3) is 0 Å². The van der Waals surface area contributed by atoms with Crippen LogP contribution in [0.4, 0.5) is 18.9 Å². The summed E-state index contributed by atoms with van der Waals surface area (Å²) in [6.45, 7) is 0. The van der Waals surface area contributed by atoms with Gasteiger partial charge in [-0.2, -0.15) is 13.2 Å². The third-order valence-corrected chi connectivity index (χ3v) is 2.45. The lowest BCUT2D eigenvalue weighted by atomic mass is 10.0. The fourth-order valence-electron chi connectivity index (χ4n) is 1.50. The molecule has 1 heterocycles. The van der Waals surface area contributed by atoms with Crippen molar-refractivity contribution in [1.82, 2.24) is 9.97 Å². The van der Waals surface area contributed by atoms with Gasteiger partial charge in [0.15, 0.2) is 5.78 Å². The SMILES string of the molecule is Nc1ccc(C(F)(F)F)cc1C(=O)c1cncnc1. The van der Waals surface area contributed by atoms with E-state index in [4.69, 9.17) is 5.73 Å². The zero-order valence-electron chi connectivity index (χ0n) is 9.48. The molecule has 0 fully saturated rings. The maximum absolute atomic E-state index is 12.6. The number of hydrogen-bond donors (Lipinski definition) is 1. The first-order valence-corrected chi connectivity index (χ1v) is 5.16. The van der Waals surface area contributed by atoms with E-state index in [0.717, 1.165) is 18.2 Å². The first kappa shape index (κ1) is 13.0. The molecular weight excluding hydrogens is 259 g/mol. The van der Waals surface area contributed by atoms with Gasteiger partial charge in [-0.3, -0.25) is 4.79 Å². The number of nitrogen functional groups attached to an aromatic ring is 1. The average Bonchev–Trinajstić information content (AvgIpc) is 2.38. The molecule has 0 aliphatic heterocycles. The third kappa shape index (κ3) is 2.70. The van der Waals surface area contributed by atoms with E-state index in [-0.39, 0.29) is 16.8 Å². The highest BCUT2D eigenvalue weighted by molar-refractivity contribution is 6.11. The summed E-state index contributed by atoms with van der Waals surface area (Å²) in [7, 11) is 0. The summed E-state index contributed by atoms with van der Waals surface area (Å²) in [4.78, 5) is 19.3. The fraction of sp³-hybridized carbons (Fsp3) is 0.0833. The standard InChI is InChI=1S/C12H8F3N3O/c13-12(14,15)8-1-2-10(16)9(3-8)11(19)7-4-17-6-18-5-7/h1-6H,16H2. The summed E-state index contributed by atoms with van der Waals surface area (Å²) in [5.41, 5.74) is 4.45. The molecule has 2 aromatic rings. The van der Waals surface area contributed by atoms with E-state index in [1.807, 2.05) is 0 Å². The molecule has 0 spiro atoms. The van der Waals surface area contributed by atoms with Crippen LogP contribution in [0.2, 0.25) is 0 Å². The average molecular weight is 267 g/mol. The minimum atomic E-state index is -4.53. The Bertz CT molecular complexity index is 611. The lowest BCUT2D eigenvalue weighted by Gasteiger charge is -2.10. The molecule has 0 atom stereocenters. The molecule has 0 radical (unpaired) electrons. The molecule has 1 aromatic heterocycles. The molecule has 0 aliphatic rings. The van der Waals surface area contributed by atoms with Crippen LogP contribution >= 0.6 is 0 Å². The van der Waals surface area contributed by atoms with Crippen LogP contribution in [0.1, 0.15) is 21.5 Å². The molecule has 0 bridgehead atoms. The Kier molecular flexibility index (Phi) is 3.20. The first-order valence-electron chi connectivity index (χ1n) is 5.16. The van der Waals surface area contributed by atoms with Gasteiger partial charge in [-0.1, -0.05) is 0 Å². The Morgan fingerprint density at radius 1 is 1.16 bits per heavy atom. The first-order chi connectivity index (χ1) is 8.89. The number of aromatic nitrogens is 2. The summed E-state index contributed by atoms with van der Waals surface area (Å²) >= 11 is 0. The second-order valence-corrected chi connectivity index (χ2v) is 3.76. The zero-order valence-corrected chi connectivity index (χ0v) is 9.48. The number of halogens is 3. The number of anilines is 1. The maximum Gasteiger partial charge on any atom is 0.416 e. The molecule has 19 heavy (non-hydrogen) atoms. The summed E-state index contributed by atoms with van der Waals surface area (Å²) in [6.07, 6.45) is -0.883. The number of carbonyl (C=O) groups is 1. The number of hydrogen-bond acceptors (Lipinski definition) is 4. The second kappa shape index (κ2) is 4.68. The molecule has 0 unspecified atom stereocenters. The van der Waals surface area contributed by atoms with Gasteiger partial charge in [-0.15, -0.1) is 0 Å².